The Morgan fingerprint density at radius 1 is 1.25 bits per heavy atom. The molecule has 2 rings (SSSR count). The van der Waals surface area contributed by atoms with Crippen LogP contribution in [0.25, 0.3) is 0 Å². The van der Waals surface area contributed by atoms with Crippen molar-refractivity contribution >= 4 is 6.09 Å². The highest BCUT2D eigenvalue weighted by atomic mass is 19.2. The van der Waals surface area contributed by atoms with Crippen LogP contribution in [-0.2, 0) is 4.74 Å². The molecule has 0 aromatic heterocycles. The number of aliphatic hydroxyl groups is 1. The van der Waals surface area contributed by atoms with Crippen molar-refractivity contribution in [3.8, 4) is 0 Å². The number of halogens is 4. The summed E-state index contributed by atoms with van der Waals surface area (Å²) in [5, 5.41) is 9.41. The first-order valence-corrected chi connectivity index (χ1v) is 7.48. The summed E-state index contributed by atoms with van der Waals surface area (Å²) in [6, 6.07) is -0.617. The van der Waals surface area contributed by atoms with Crippen molar-refractivity contribution in [3.05, 3.63) is 34.9 Å². The van der Waals surface area contributed by atoms with Crippen LogP contribution in [0.3, 0.4) is 0 Å². The van der Waals surface area contributed by atoms with E-state index in [1.807, 2.05) is 0 Å². The lowest BCUT2D eigenvalue weighted by Gasteiger charge is -2.27. The maximum atomic E-state index is 13.9. The summed E-state index contributed by atoms with van der Waals surface area (Å²) >= 11 is 0. The first-order valence-electron chi connectivity index (χ1n) is 7.48. The molecule has 2 unspecified atom stereocenters. The Morgan fingerprint density at radius 3 is 2.25 bits per heavy atom. The van der Waals surface area contributed by atoms with Crippen LogP contribution in [0.15, 0.2) is 6.07 Å². The van der Waals surface area contributed by atoms with E-state index in [0.717, 1.165) is 4.90 Å². The molecule has 0 aliphatic carbocycles. The monoisotopic (exact) mass is 349 g/mol. The third kappa shape index (κ3) is 3.63. The van der Waals surface area contributed by atoms with Gasteiger partial charge in [0.25, 0.3) is 0 Å². The first-order chi connectivity index (χ1) is 11.0. The highest BCUT2D eigenvalue weighted by Crippen LogP contribution is 2.36. The van der Waals surface area contributed by atoms with Crippen molar-refractivity contribution in [1.29, 1.82) is 0 Å². The van der Waals surface area contributed by atoms with Gasteiger partial charge in [-0.2, -0.15) is 0 Å². The quantitative estimate of drug-likeness (QED) is 0.658. The van der Waals surface area contributed by atoms with Gasteiger partial charge in [-0.3, -0.25) is 0 Å². The number of carbonyl (C=O) groups excluding carboxylic acids is 1. The van der Waals surface area contributed by atoms with E-state index in [9.17, 15) is 27.5 Å². The molecule has 0 bridgehead atoms. The SMILES string of the molecule is CC(C)(C)OC(=O)N1CC(c2c(F)c(F)cc(F)c2F)CC1CO. The lowest BCUT2D eigenvalue weighted by molar-refractivity contribution is 0.0174. The van der Waals surface area contributed by atoms with Gasteiger partial charge in [0.1, 0.15) is 5.60 Å². The van der Waals surface area contributed by atoms with Gasteiger partial charge in [0.05, 0.1) is 12.6 Å². The van der Waals surface area contributed by atoms with E-state index in [1.54, 1.807) is 20.8 Å². The van der Waals surface area contributed by atoms with E-state index in [1.165, 1.54) is 0 Å². The third-order valence-corrected chi connectivity index (χ3v) is 3.81. The Bertz CT molecular complexity index is 619. The molecule has 0 spiro atoms. The molecule has 2 atom stereocenters. The number of rotatable bonds is 2. The molecule has 1 fully saturated rings. The van der Waals surface area contributed by atoms with Gasteiger partial charge >= 0.3 is 6.09 Å². The summed E-state index contributed by atoms with van der Waals surface area (Å²) < 4.78 is 59.9. The topological polar surface area (TPSA) is 49.8 Å². The highest BCUT2D eigenvalue weighted by Gasteiger charge is 2.40. The van der Waals surface area contributed by atoms with Crippen molar-refractivity contribution in [2.45, 2.75) is 44.8 Å². The Labute approximate surface area is 137 Å². The normalized spacial score (nSPS) is 21.2. The molecule has 24 heavy (non-hydrogen) atoms. The van der Waals surface area contributed by atoms with Crippen molar-refractivity contribution < 1.29 is 32.2 Å². The average Bonchev–Trinajstić information content (AvgIpc) is 2.88. The van der Waals surface area contributed by atoms with Crippen molar-refractivity contribution in [1.82, 2.24) is 4.90 Å². The predicted octanol–water partition coefficient (Wildman–Crippen LogP) is 3.33. The fourth-order valence-electron chi connectivity index (χ4n) is 2.79. The molecule has 1 heterocycles. The number of carbonyl (C=O) groups is 1. The fraction of sp³-hybridized carbons (Fsp3) is 0.562. The van der Waals surface area contributed by atoms with Crippen molar-refractivity contribution in [2.75, 3.05) is 13.2 Å². The number of aliphatic hydroxyl groups excluding tert-OH is 1. The van der Waals surface area contributed by atoms with E-state index in [0.29, 0.717) is 0 Å². The number of benzene rings is 1. The molecular weight excluding hydrogens is 330 g/mol. The largest absolute Gasteiger partial charge is 0.444 e. The molecule has 1 aromatic carbocycles. The maximum absolute atomic E-state index is 13.9. The van der Waals surface area contributed by atoms with Gasteiger partial charge in [0.2, 0.25) is 0 Å². The van der Waals surface area contributed by atoms with Crippen LogP contribution >= 0.6 is 0 Å². The summed E-state index contributed by atoms with van der Waals surface area (Å²) in [7, 11) is 0. The second-order valence-electron chi connectivity index (χ2n) is 6.78. The molecule has 1 saturated heterocycles. The number of hydrogen-bond acceptors (Lipinski definition) is 3. The molecule has 1 amide bonds. The zero-order valence-electron chi connectivity index (χ0n) is 13.6. The first kappa shape index (κ1) is 18.5. The second-order valence-corrected chi connectivity index (χ2v) is 6.78. The van der Waals surface area contributed by atoms with Crippen LogP contribution in [0.5, 0.6) is 0 Å². The standard InChI is InChI=1S/C16H19F4NO3/c1-16(2,3)24-15(23)21-6-8(4-9(21)7-22)12-13(19)10(17)5-11(18)14(12)20/h5,8-9,22H,4,6-7H2,1-3H3. The van der Waals surface area contributed by atoms with Crippen LogP contribution in [0.1, 0.15) is 38.7 Å². The lowest BCUT2D eigenvalue weighted by atomic mass is 9.95. The molecule has 1 aromatic rings. The van der Waals surface area contributed by atoms with E-state index in [4.69, 9.17) is 4.74 Å². The van der Waals surface area contributed by atoms with Crippen LogP contribution in [0.2, 0.25) is 0 Å². The van der Waals surface area contributed by atoms with Crippen LogP contribution in [0.4, 0.5) is 22.4 Å². The van der Waals surface area contributed by atoms with Crippen LogP contribution in [-0.4, -0.2) is 40.9 Å². The van der Waals surface area contributed by atoms with Crippen molar-refractivity contribution in [2.24, 2.45) is 0 Å². The van der Waals surface area contributed by atoms with Gasteiger partial charge in [0, 0.05) is 24.1 Å². The average molecular weight is 349 g/mol. The molecule has 1 aliphatic rings. The van der Waals surface area contributed by atoms with Crippen LogP contribution in [0, 0.1) is 23.3 Å². The Kier molecular flexibility index (Phi) is 5.08. The minimum atomic E-state index is -1.50. The maximum Gasteiger partial charge on any atom is 0.410 e. The molecule has 4 nitrogen and oxygen atoms in total. The predicted molar refractivity (Wildman–Crippen MR) is 77.4 cm³/mol. The van der Waals surface area contributed by atoms with Gasteiger partial charge in [-0.15, -0.1) is 0 Å². The summed E-state index contributed by atoms with van der Waals surface area (Å²) in [6.45, 7) is 4.27. The molecule has 1 N–H and O–H groups in total. The number of nitrogens with zero attached hydrogens (tertiary/aromatic N) is 1. The van der Waals surface area contributed by atoms with E-state index in [2.05, 4.69) is 0 Å². The highest BCUT2D eigenvalue weighted by molar-refractivity contribution is 5.69. The minimum Gasteiger partial charge on any atom is -0.444 e. The molecule has 134 valence electrons. The Morgan fingerprint density at radius 2 is 1.79 bits per heavy atom. The van der Waals surface area contributed by atoms with Gasteiger partial charge in [0.15, 0.2) is 23.3 Å². The van der Waals surface area contributed by atoms with E-state index >= 15 is 0 Å². The molecule has 0 radical (unpaired) electrons. The Hall–Kier alpha value is -1.83. The summed E-state index contributed by atoms with van der Waals surface area (Å²) in [5.41, 5.74) is -1.55. The van der Waals surface area contributed by atoms with Crippen molar-refractivity contribution in [3.63, 3.8) is 0 Å². The summed E-state index contributed by atoms with van der Waals surface area (Å²) in [4.78, 5) is 13.3. The number of ether oxygens (including phenoxy) is 1. The summed E-state index contributed by atoms with van der Waals surface area (Å²) in [5.74, 6) is -6.96. The summed E-state index contributed by atoms with van der Waals surface area (Å²) in [6.07, 6.45) is -0.798. The third-order valence-electron chi connectivity index (χ3n) is 3.81. The Balaban J connectivity index is 2.31. The van der Waals surface area contributed by atoms with E-state index in [-0.39, 0.29) is 19.0 Å². The molecule has 8 heteroatoms. The molecular formula is C16H19F4NO3. The van der Waals surface area contributed by atoms with E-state index < -0.39 is 59.1 Å². The van der Waals surface area contributed by atoms with Gasteiger partial charge < -0.3 is 14.7 Å². The molecule has 1 aliphatic heterocycles. The second kappa shape index (κ2) is 6.58. The van der Waals surface area contributed by atoms with Gasteiger partial charge in [-0.05, 0) is 27.2 Å². The number of amides is 1. The smallest absolute Gasteiger partial charge is 0.410 e. The number of likely N-dealkylation sites (tertiary alicyclic amines) is 1. The molecule has 0 saturated carbocycles. The van der Waals surface area contributed by atoms with Gasteiger partial charge in [-0.1, -0.05) is 0 Å². The number of hydrogen-bond donors (Lipinski definition) is 1. The fourth-order valence-corrected chi connectivity index (χ4v) is 2.79. The minimum absolute atomic E-state index is 0.0352. The van der Waals surface area contributed by atoms with Crippen LogP contribution < -0.4 is 0 Å². The zero-order chi connectivity index (χ0) is 18.2. The van der Waals surface area contributed by atoms with Gasteiger partial charge in [-0.25, -0.2) is 22.4 Å². The lowest BCUT2D eigenvalue weighted by Crippen LogP contribution is -2.41. The zero-order valence-corrected chi connectivity index (χ0v) is 13.6.